The normalized spacial score (nSPS) is 12.2. The summed E-state index contributed by atoms with van der Waals surface area (Å²) in [5, 5.41) is 2.70. The Morgan fingerprint density at radius 2 is 2.06 bits per heavy atom. The van der Waals surface area contributed by atoms with Crippen molar-refractivity contribution in [2.45, 2.75) is 25.8 Å². The van der Waals surface area contributed by atoms with E-state index in [-0.39, 0.29) is 21.9 Å². The number of halogens is 2. The molecule has 0 saturated heterocycles. The highest BCUT2D eigenvalue weighted by Crippen LogP contribution is 2.25. The van der Waals surface area contributed by atoms with E-state index in [4.69, 9.17) is 28.9 Å². The lowest BCUT2D eigenvalue weighted by Gasteiger charge is -2.12. The minimum absolute atomic E-state index is 0.0945. The first-order valence-corrected chi connectivity index (χ1v) is 5.54. The van der Waals surface area contributed by atoms with Gasteiger partial charge in [0.25, 0.3) is 0 Å². The van der Waals surface area contributed by atoms with Crippen molar-refractivity contribution in [3.05, 3.63) is 16.6 Å². The lowest BCUT2D eigenvalue weighted by atomic mass is 10.2. The number of aromatic nitrogens is 2. The summed E-state index contributed by atoms with van der Waals surface area (Å²) < 4.78 is 0. The number of nitrogens with one attached hydrogen (secondary N) is 1. The van der Waals surface area contributed by atoms with Crippen LogP contribution in [0.5, 0.6) is 0 Å². The molecular formula is C9H12Cl2N4O. The molecule has 0 radical (unpaired) electrons. The molecule has 0 spiro atoms. The summed E-state index contributed by atoms with van der Waals surface area (Å²) in [7, 11) is 0. The third-order valence-corrected chi connectivity index (χ3v) is 2.51. The maximum atomic E-state index is 11.6. The fraction of sp³-hybridized carbons (Fsp3) is 0.444. The third-order valence-electron chi connectivity index (χ3n) is 1.94. The Kier molecular flexibility index (Phi) is 4.92. The van der Waals surface area contributed by atoms with Crippen molar-refractivity contribution >= 4 is 34.8 Å². The number of anilines is 1. The molecule has 3 N–H and O–H groups in total. The number of carbonyl (C=O) groups is 1. The highest BCUT2D eigenvalue weighted by Gasteiger charge is 2.16. The number of rotatable bonds is 4. The van der Waals surface area contributed by atoms with Gasteiger partial charge < -0.3 is 11.1 Å². The Bertz CT molecular complexity index is 366. The first kappa shape index (κ1) is 13.2. The van der Waals surface area contributed by atoms with E-state index in [0.29, 0.717) is 6.42 Å². The number of amides is 1. The highest BCUT2D eigenvalue weighted by molar-refractivity contribution is 6.38. The summed E-state index contributed by atoms with van der Waals surface area (Å²) in [6, 6.07) is -0.586. The van der Waals surface area contributed by atoms with Gasteiger partial charge >= 0.3 is 0 Å². The third kappa shape index (κ3) is 3.30. The molecule has 0 aliphatic rings. The molecule has 88 valence electrons. The van der Waals surface area contributed by atoms with Crippen LogP contribution in [0.3, 0.4) is 0 Å². The zero-order chi connectivity index (χ0) is 12.1. The smallest absolute Gasteiger partial charge is 0.241 e. The molecule has 1 heterocycles. The van der Waals surface area contributed by atoms with Crippen LogP contribution in [0.1, 0.15) is 19.8 Å². The van der Waals surface area contributed by atoms with Crippen LogP contribution in [0.2, 0.25) is 10.3 Å². The maximum absolute atomic E-state index is 11.6. The van der Waals surface area contributed by atoms with Gasteiger partial charge in [-0.05, 0) is 6.42 Å². The van der Waals surface area contributed by atoms with Gasteiger partial charge in [0.15, 0.2) is 10.3 Å². The largest absolute Gasteiger partial charge is 0.320 e. The monoisotopic (exact) mass is 262 g/mol. The average Bonchev–Trinajstić information content (AvgIpc) is 2.23. The lowest BCUT2D eigenvalue weighted by Crippen LogP contribution is -2.35. The van der Waals surface area contributed by atoms with Gasteiger partial charge in [-0.2, -0.15) is 0 Å². The van der Waals surface area contributed by atoms with E-state index < -0.39 is 6.04 Å². The van der Waals surface area contributed by atoms with Crippen molar-refractivity contribution in [2.75, 3.05) is 5.32 Å². The maximum Gasteiger partial charge on any atom is 0.241 e. The summed E-state index contributed by atoms with van der Waals surface area (Å²) in [5.41, 5.74) is 5.83. The van der Waals surface area contributed by atoms with Crippen LogP contribution >= 0.6 is 23.2 Å². The molecule has 1 rings (SSSR count). The van der Waals surface area contributed by atoms with E-state index >= 15 is 0 Å². The Morgan fingerprint density at radius 3 is 2.56 bits per heavy atom. The van der Waals surface area contributed by atoms with Gasteiger partial charge in [0.2, 0.25) is 5.91 Å². The van der Waals surface area contributed by atoms with Crippen molar-refractivity contribution in [1.82, 2.24) is 9.97 Å². The minimum atomic E-state index is -0.586. The van der Waals surface area contributed by atoms with Crippen molar-refractivity contribution < 1.29 is 4.79 Å². The molecule has 5 nitrogen and oxygen atoms in total. The molecule has 0 fully saturated rings. The summed E-state index contributed by atoms with van der Waals surface area (Å²) in [6.07, 6.45) is 2.63. The quantitative estimate of drug-likeness (QED) is 0.812. The van der Waals surface area contributed by atoms with Crippen LogP contribution in [0.4, 0.5) is 5.69 Å². The van der Waals surface area contributed by atoms with E-state index in [9.17, 15) is 4.79 Å². The number of hydrogen-bond acceptors (Lipinski definition) is 4. The van der Waals surface area contributed by atoms with E-state index in [1.807, 2.05) is 6.92 Å². The Morgan fingerprint density at radius 1 is 1.50 bits per heavy atom. The molecule has 0 aliphatic carbocycles. The van der Waals surface area contributed by atoms with Crippen LogP contribution < -0.4 is 11.1 Å². The van der Waals surface area contributed by atoms with Gasteiger partial charge in [0, 0.05) is 0 Å². The molecule has 1 atom stereocenters. The molecular weight excluding hydrogens is 251 g/mol. The van der Waals surface area contributed by atoms with Crippen molar-refractivity contribution in [3.63, 3.8) is 0 Å². The van der Waals surface area contributed by atoms with Crippen molar-refractivity contribution in [2.24, 2.45) is 5.73 Å². The van der Waals surface area contributed by atoms with Gasteiger partial charge in [-0.15, -0.1) is 0 Å². The fourth-order valence-electron chi connectivity index (χ4n) is 1.11. The molecule has 1 aromatic heterocycles. The predicted molar refractivity (Wildman–Crippen MR) is 63.6 cm³/mol. The first-order chi connectivity index (χ1) is 7.56. The number of hydrogen-bond donors (Lipinski definition) is 2. The number of nitrogens with zero attached hydrogens (tertiary/aromatic N) is 2. The Balaban J connectivity index is 2.77. The van der Waals surface area contributed by atoms with Crippen LogP contribution in [0, 0.1) is 0 Å². The molecule has 0 saturated carbocycles. The number of nitrogens with two attached hydrogens (primary N) is 1. The fourth-order valence-corrected chi connectivity index (χ4v) is 1.51. The van der Waals surface area contributed by atoms with Gasteiger partial charge in [0.1, 0.15) is 12.0 Å². The van der Waals surface area contributed by atoms with Gasteiger partial charge in [-0.1, -0.05) is 36.5 Å². The highest BCUT2D eigenvalue weighted by atomic mass is 35.5. The topological polar surface area (TPSA) is 80.9 Å². The van der Waals surface area contributed by atoms with E-state index in [0.717, 1.165) is 6.42 Å². The van der Waals surface area contributed by atoms with Gasteiger partial charge in [-0.3, -0.25) is 4.79 Å². The van der Waals surface area contributed by atoms with Crippen LogP contribution in [0.25, 0.3) is 0 Å². The summed E-state index contributed by atoms with van der Waals surface area (Å²) in [6.45, 7) is 1.94. The van der Waals surface area contributed by atoms with Gasteiger partial charge in [-0.25, -0.2) is 9.97 Å². The molecule has 0 aromatic carbocycles. The van der Waals surface area contributed by atoms with E-state index in [2.05, 4.69) is 15.3 Å². The zero-order valence-electron chi connectivity index (χ0n) is 8.70. The van der Waals surface area contributed by atoms with E-state index in [1.54, 1.807) is 0 Å². The molecule has 7 heteroatoms. The molecule has 1 amide bonds. The average molecular weight is 263 g/mol. The summed E-state index contributed by atoms with van der Waals surface area (Å²) >= 11 is 11.5. The Hall–Kier alpha value is -0.910. The predicted octanol–water partition coefficient (Wildman–Crippen LogP) is 1.85. The van der Waals surface area contributed by atoms with Crippen molar-refractivity contribution in [1.29, 1.82) is 0 Å². The molecule has 0 bridgehead atoms. The summed E-state index contributed by atoms with van der Waals surface area (Å²) in [4.78, 5) is 19.0. The molecule has 0 aliphatic heterocycles. The lowest BCUT2D eigenvalue weighted by molar-refractivity contribution is -0.117. The standard InChI is InChI=1S/C9H12Cl2N4O/c1-2-3-5(12)9(16)15-6-7(10)13-4-14-8(6)11/h4-5H,2-3,12H2,1H3,(H,15,16)/t5-/m0/s1. The van der Waals surface area contributed by atoms with Crippen LogP contribution in [-0.4, -0.2) is 21.9 Å². The Labute approximate surface area is 103 Å². The van der Waals surface area contributed by atoms with Crippen LogP contribution in [0.15, 0.2) is 6.33 Å². The van der Waals surface area contributed by atoms with Crippen molar-refractivity contribution in [3.8, 4) is 0 Å². The van der Waals surface area contributed by atoms with E-state index in [1.165, 1.54) is 6.33 Å². The second-order valence-electron chi connectivity index (χ2n) is 3.21. The SMILES string of the molecule is CCC[C@H](N)C(=O)Nc1c(Cl)ncnc1Cl. The second kappa shape index (κ2) is 5.98. The molecule has 0 unspecified atom stereocenters. The second-order valence-corrected chi connectivity index (χ2v) is 3.93. The first-order valence-electron chi connectivity index (χ1n) is 4.78. The molecule has 1 aromatic rings. The molecule has 16 heavy (non-hydrogen) atoms. The van der Waals surface area contributed by atoms with Crippen LogP contribution in [-0.2, 0) is 4.79 Å². The zero-order valence-corrected chi connectivity index (χ0v) is 10.2. The summed E-state index contributed by atoms with van der Waals surface area (Å²) in [5.74, 6) is -0.347. The minimum Gasteiger partial charge on any atom is -0.320 e. The number of carbonyl (C=O) groups excluding carboxylic acids is 1. The van der Waals surface area contributed by atoms with Gasteiger partial charge in [0.05, 0.1) is 6.04 Å².